The number of hydrogen-bond donors (Lipinski definition) is 2. The maximum atomic E-state index is 12.2. The molecular weight excluding hydrogens is 320 g/mol. The molecule has 0 saturated carbocycles. The van der Waals surface area contributed by atoms with Crippen LogP contribution in [0.4, 0.5) is 0 Å². The standard InChI is InChI=1S/C19H24N2O4/c1-14(2)12-24-13-16(17-9-6-10-25-17)21-18(22)11-20-19(23)15-7-4-3-5-8-15/h3-10,14,16H,11-13H2,1-2H3,(H,20,23)(H,21,22). The first-order valence-corrected chi connectivity index (χ1v) is 8.30. The van der Waals surface area contributed by atoms with Crippen molar-refractivity contribution < 1.29 is 18.7 Å². The van der Waals surface area contributed by atoms with E-state index in [4.69, 9.17) is 9.15 Å². The molecule has 2 aromatic rings. The highest BCUT2D eigenvalue weighted by Gasteiger charge is 2.18. The van der Waals surface area contributed by atoms with Gasteiger partial charge in [0.25, 0.3) is 5.91 Å². The van der Waals surface area contributed by atoms with Crippen LogP contribution in [0.5, 0.6) is 0 Å². The van der Waals surface area contributed by atoms with Gasteiger partial charge >= 0.3 is 0 Å². The first kappa shape index (κ1) is 18.7. The minimum absolute atomic E-state index is 0.116. The Balaban J connectivity index is 1.85. The fourth-order valence-corrected chi connectivity index (χ4v) is 2.20. The summed E-state index contributed by atoms with van der Waals surface area (Å²) in [6.07, 6.45) is 1.55. The van der Waals surface area contributed by atoms with E-state index >= 15 is 0 Å². The largest absolute Gasteiger partial charge is 0.467 e. The van der Waals surface area contributed by atoms with Crippen molar-refractivity contribution in [3.63, 3.8) is 0 Å². The Morgan fingerprint density at radius 3 is 2.48 bits per heavy atom. The summed E-state index contributed by atoms with van der Waals surface area (Å²) in [7, 11) is 0. The van der Waals surface area contributed by atoms with Crippen molar-refractivity contribution in [3.05, 3.63) is 60.1 Å². The Hall–Kier alpha value is -2.60. The van der Waals surface area contributed by atoms with Gasteiger partial charge in [-0.05, 0) is 30.2 Å². The molecule has 1 atom stereocenters. The molecule has 2 N–H and O–H groups in total. The highest BCUT2D eigenvalue weighted by molar-refractivity contribution is 5.96. The van der Waals surface area contributed by atoms with Crippen LogP contribution in [-0.4, -0.2) is 31.6 Å². The molecule has 0 fully saturated rings. The van der Waals surface area contributed by atoms with E-state index < -0.39 is 6.04 Å². The monoisotopic (exact) mass is 344 g/mol. The molecule has 0 aliphatic carbocycles. The van der Waals surface area contributed by atoms with Gasteiger partial charge in [0.1, 0.15) is 11.8 Å². The van der Waals surface area contributed by atoms with Gasteiger partial charge in [-0.15, -0.1) is 0 Å². The van der Waals surface area contributed by atoms with Crippen molar-refractivity contribution in [1.82, 2.24) is 10.6 Å². The molecule has 2 rings (SSSR count). The molecule has 25 heavy (non-hydrogen) atoms. The fraction of sp³-hybridized carbons (Fsp3) is 0.368. The van der Waals surface area contributed by atoms with Crippen LogP contribution < -0.4 is 10.6 Å². The molecule has 6 nitrogen and oxygen atoms in total. The maximum absolute atomic E-state index is 12.2. The van der Waals surface area contributed by atoms with Crippen molar-refractivity contribution >= 4 is 11.8 Å². The second-order valence-corrected chi connectivity index (χ2v) is 6.12. The lowest BCUT2D eigenvalue weighted by atomic mass is 10.2. The summed E-state index contributed by atoms with van der Waals surface area (Å²) in [5.41, 5.74) is 0.512. The van der Waals surface area contributed by atoms with Crippen LogP contribution in [-0.2, 0) is 9.53 Å². The summed E-state index contributed by atoms with van der Waals surface area (Å²) >= 11 is 0. The zero-order valence-electron chi connectivity index (χ0n) is 14.5. The highest BCUT2D eigenvalue weighted by atomic mass is 16.5. The van der Waals surface area contributed by atoms with E-state index in [1.54, 1.807) is 42.7 Å². The van der Waals surface area contributed by atoms with Crippen LogP contribution in [0.2, 0.25) is 0 Å². The van der Waals surface area contributed by atoms with Crippen molar-refractivity contribution in [2.24, 2.45) is 5.92 Å². The minimum Gasteiger partial charge on any atom is -0.467 e. The molecule has 0 saturated heterocycles. The van der Waals surface area contributed by atoms with Crippen LogP contribution in [0.1, 0.15) is 36.0 Å². The first-order valence-electron chi connectivity index (χ1n) is 8.30. The summed E-state index contributed by atoms with van der Waals surface area (Å²) in [5, 5.41) is 5.43. The van der Waals surface area contributed by atoms with Gasteiger partial charge in [0.15, 0.2) is 0 Å². The lowest BCUT2D eigenvalue weighted by Crippen LogP contribution is -2.40. The molecule has 1 unspecified atom stereocenters. The summed E-state index contributed by atoms with van der Waals surface area (Å²) in [5.74, 6) is 0.421. The minimum atomic E-state index is -0.394. The van der Waals surface area contributed by atoms with E-state index in [9.17, 15) is 9.59 Å². The number of carbonyl (C=O) groups excluding carboxylic acids is 2. The molecular formula is C19H24N2O4. The molecule has 6 heteroatoms. The molecule has 134 valence electrons. The lowest BCUT2D eigenvalue weighted by Gasteiger charge is -2.18. The Bertz CT molecular complexity index is 653. The number of hydrogen-bond acceptors (Lipinski definition) is 4. The zero-order chi connectivity index (χ0) is 18.1. The second-order valence-electron chi connectivity index (χ2n) is 6.12. The first-order chi connectivity index (χ1) is 12.1. The predicted octanol–water partition coefficient (Wildman–Crippen LogP) is 2.54. The summed E-state index contributed by atoms with van der Waals surface area (Å²) in [6, 6.07) is 11.9. The number of rotatable bonds is 9. The summed E-state index contributed by atoms with van der Waals surface area (Å²) < 4.78 is 11.0. The fourth-order valence-electron chi connectivity index (χ4n) is 2.20. The summed E-state index contributed by atoms with van der Waals surface area (Å²) in [4.78, 5) is 24.1. The van der Waals surface area contributed by atoms with Crippen molar-refractivity contribution in [2.45, 2.75) is 19.9 Å². The number of nitrogens with one attached hydrogen (secondary N) is 2. The van der Waals surface area contributed by atoms with Crippen molar-refractivity contribution in [2.75, 3.05) is 19.8 Å². The average molecular weight is 344 g/mol. The molecule has 0 aliphatic heterocycles. The zero-order valence-corrected chi connectivity index (χ0v) is 14.5. The maximum Gasteiger partial charge on any atom is 0.251 e. The van der Waals surface area contributed by atoms with E-state index in [0.717, 1.165) is 0 Å². The van der Waals surface area contributed by atoms with Crippen LogP contribution >= 0.6 is 0 Å². The van der Waals surface area contributed by atoms with Gasteiger partial charge in [-0.1, -0.05) is 32.0 Å². The number of ether oxygens (including phenoxy) is 1. The van der Waals surface area contributed by atoms with Crippen LogP contribution in [0.3, 0.4) is 0 Å². The van der Waals surface area contributed by atoms with Crippen LogP contribution in [0, 0.1) is 5.92 Å². The Morgan fingerprint density at radius 1 is 1.08 bits per heavy atom. The molecule has 1 aromatic heterocycles. The lowest BCUT2D eigenvalue weighted by molar-refractivity contribution is -0.121. The van der Waals surface area contributed by atoms with Gasteiger partial charge in [-0.2, -0.15) is 0 Å². The van der Waals surface area contributed by atoms with E-state index in [0.29, 0.717) is 30.5 Å². The van der Waals surface area contributed by atoms with Crippen molar-refractivity contribution in [3.8, 4) is 0 Å². The number of carbonyl (C=O) groups is 2. The third kappa shape index (κ3) is 6.43. The molecule has 0 bridgehead atoms. The normalized spacial score (nSPS) is 12.0. The third-order valence-corrected chi connectivity index (χ3v) is 3.40. The van der Waals surface area contributed by atoms with Gasteiger partial charge in [0, 0.05) is 12.2 Å². The van der Waals surface area contributed by atoms with Gasteiger partial charge in [-0.25, -0.2) is 0 Å². The summed E-state index contributed by atoms with van der Waals surface area (Å²) in [6.45, 7) is 4.90. The number of benzene rings is 1. The molecule has 0 aliphatic rings. The van der Waals surface area contributed by atoms with Gasteiger partial charge in [0.2, 0.25) is 5.91 Å². The smallest absolute Gasteiger partial charge is 0.251 e. The Kier molecular flexibility index (Phi) is 7.22. The highest BCUT2D eigenvalue weighted by Crippen LogP contribution is 2.14. The van der Waals surface area contributed by atoms with Crippen molar-refractivity contribution in [1.29, 1.82) is 0 Å². The third-order valence-electron chi connectivity index (χ3n) is 3.40. The van der Waals surface area contributed by atoms with Gasteiger partial charge in [0.05, 0.1) is 19.4 Å². The van der Waals surface area contributed by atoms with E-state index in [-0.39, 0.29) is 18.4 Å². The molecule has 0 spiro atoms. The van der Waals surface area contributed by atoms with Gasteiger partial charge in [-0.3, -0.25) is 9.59 Å². The predicted molar refractivity (Wildman–Crippen MR) is 94.0 cm³/mol. The van der Waals surface area contributed by atoms with E-state index in [1.165, 1.54) is 0 Å². The quantitative estimate of drug-likeness (QED) is 0.732. The molecule has 1 aromatic carbocycles. The number of furan rings is 1. The molecule has 1 heterocycles. The second kappa shape index (κ2) is 9.64. The molecule has 0 radical (unpaired) electrons. The number of amides is 2. The van der Waals surface area contributed by atoms with Crippen LogP contribution in [0.25, 0.3) is 0 Å². The van der Waals surface area contributed by atoms with E-state index in [2.05, 4.69) is 24.5 Å². The topological polar surface area (TPSA) is 80.6 Å². The molecule has 2 amide bonds. The van der Waals surface area contributed by atoms with Crippen LogP contribution in [0.15, 0.2) is 53.1 Å². The Labute approximate surface area is 147 Å². The Morgan fingerprint density at radius 2 is 1.84 bits per heavy atom. The van der Waals surface area contributed by atoms with Gasteiger partial charge < -0.3 is 19.8 Å². The average Bonchev–Trinajstić information content (AvgIpc) is 3.14. The SMILES string of the molecule is CC(C)COCC(NC(=O)CNC(=O)c1ccccc1)c1ccco1. The van der Waals surface area contributed by atoms with E-state index in [1.807, 2.05) is 6.07 Å².